The van der Waals surface area contributed by atoms with E-state index in [2.05, 4.69) is 34.1 Å². The van der Waals surface area contributed by atoms with Crippen LogP contribution in [0.5, 0.6) is 0 Å². The molecule has 0 bridgehead atoms. The van der Waals surface area contributed by atoms with Crippen molar-refractivity contribution in [3.8, 4) is 11.1 Å². The van der Waals surface area contributed by atoms with Crippen molar-refractivity contribution < 1.29 is 4.79 Å². The molecule has 1 saturated heterocycles. The van der Waals surface area contributed by atoms with Gasteiger partial charge >= 0.3 is 0 Å². The van der Waals surface area contributed by atoms with Crippen molar-refractivity contribution in [1.29, 1.82) is 0 Å². The monoisotopic (exact) mass is 396 g/mol. The van der Waals surface area contributed by atoms with Gasteiger partial charge in [-0.3, -0.25) is 14.5 Å². The molecule has 7 heteroatoms. The fraction of sp³-hybridized carbons (Fsp3) is 0.381. The van der Waals surface area contributed by atoms with Crippen LogP contribution in [0, 0.1) is 19.8 Å². The van der Waals surface area contributed by atoms with Gasteiger partial charge in [-0.2, -0.15) is 0 Å². The van der Waals surface area contributed by atoms with Gasteiger partial charge in [-0.1, -0.05) is 29.8 Å². The highest BCUT2D eigenvalue weighted by Gasteiger charge is 2.25. The number of nitrogens with one attached hydrogen (secondary N) is 1. The number of amides is 1. The molecule has 146 valence electrons. The van der Waals surface area contributed by atoms with Gasteiger partial charge in [0.25, 0.3) is 5.56 Å². The molecule has 0 radical (unpaired) electrons. The minimum atomic E-state index is -0.252. The van der Waals surface area contributed by atoms with Crippen LogP contribution in [-0.2, 0) is 11.3 Å². The zero-order valence-corrected chi connectivity index (χ0v) is 16.9. The van der Waals surface area contributed by atoms with E-state index in [-0.39, 0.29) is 17.4 Å². The number of aromatic nitrogens is 2. The molecule has 4 rings (SSSR count). The number of nitrogens with two attached hydrogens (primary N) is 1. The molecule has 1 amide bonds. The number of benzene rings is 1. The number of aryl methyl sites for hydroxylation is 2. The molecule has 3 heterocycles. The van der Waals surface area contributed by atoms with E-state index in [1.165, 1.54) is 5.56 Å². The maximum atomic E-state index is 12.9. The maximum Gasteiger partial charge on any atom is 0.260 e. The van der Waals surface area contributed by atoms with Crippen LogP contribution in [0.3, 0.4) is 0 Å². The number of thiophene rings is 1. The van der Waals surface area contributed by atoms with E-state index in [4.69, 9.17) is 10.7 Å². The first-order chi connectivity index (χ1) is 13.4. The molecular weight excluding hydrogens is 372 g/mol. The third-order valence-corrected chi connectivity index (χ3v) is 6.41. The number of H-pyrrole nitrogens is 1. The van der Waals surface area contributed by atoms with E-state index in [9.17, 15) is 9.59 Å². The molecular formula is C21H24N4O2S. The number of nitrogens with zero attached hydrogens (tertiary/aromatic N) is 2. The summed E-state index contributed by atoms with van der Waals surface area (Å²) in [6.07, 6.45) is 1.76. The number of fused-ring (bicyclic) bond motifs is 1. The van der Waals surface area contributed by atoms with Gasteiger partial charge in [-0.15, -0.1) is 11.3 Å². The summed E-state index contributed by atoms with van der Waals surface area (Å²) in [5, 5.41) is 0.656. The molecule has 28 heavy (non-hydrogen) atoms. The van der Waals surface area contributed by atoms with E-state index in [1.807, 2.05) is 13.8 Å². The molecule has 6 nitrogen and oxygen atoms in total. The van der Waals surface area contributed by atoms with E-state index in [0.717, 1.165) is 40.2 Å². The number of hydrogen-bond acceptors (Lipinski definition) is 5. The summed E-state index contributed by atoms with van der Waals surface area (Å²) in [6.45, 7) is 6.10. The van der Waals surface area contributed by atoms with Crippen LogP contribution in [0.4, 0.5) is 0 Å². The second kappa shape index (κ2) is 7.48. The molecule has 0 unspecified atom stereocenters. The van der Waals surface area contributed by atoms with Gasteiger partial charge in [0.05, 0.1) is 17.8 Å². The van der Waals surface area contributed by atoms with Crippen LogP contribution in [0.1, 0.15) is 29.1 Å². The normalized spacial score (nSPS) is 17.9. The average Bonchev–Trinajstić information content (AvgIpc) is 2.99. The number of likely N-dealkylation sites (tertiary alicyclic amines) is 1. The number of carbonyl (C=O) groups excluding carboxylic acids is 1. The van der Waals surface area contributed by atoms with Gasteiger partial charge in [-0.25, -0.2) is 4.98 Å². The van der Waals surface area contributed by atoms with Crippen molar-refractivity contribution in [3.05, 3.63) is 50.9 Å². The van der Waals surface area contributed by atoms with Crippen molar-refractivity contribution >= 4 is 27.5 Å². The van der Waals surface area contributed by atoms with Crippen LogP contribution in [0.25, 0.3) is 21.3 Å². The van der Waals surface area contributed by atoms with Crippen LogP contribution >= 0.6 is 11.3 Å². The first kappa shape index (κ1) is 18.8. The SMILES string of the molecule is Cc1ccc(-c2c(C)sc3nc(CN4CCC[C@@H](C(N)=O)C4)[nH]c(=O)c23)cc1. The lowest BCUT2D eigenvalue weighted by atomic mass is 9.97. The number of aromatic amines is 1. The first-order valence-corrected chi connectivity index (χ1v) is 10.3. The third-order valence-electron chi connectivity index (χ3n) is 5.41. The lowest BCUT2D eigenvalue weighted by Crippen LogP contribution is -2.41. The predicted octanol–water partition coefficient (Wildman–Crippen LogP) is 2.97. The molecule has 2 aromatic heterocycles. The quantitative estimate of drug-likeness (QED) is 0.709. The Morgan fingerprint density at radius 2 is 2.07 bits per heavy atom. The van der Waals surface area contributed by atoms with Gasteiger partial charge in [0.15, 0.2) is 0 Å². The molecule has 0 aliphatic carbocycles. The summed E-state index contributed by atoms with van der Waals surface area (Å²) in [5.74, 6) is 0.263. The number of piperidine rings is 1. The Hall–Kier alpha value is -2.51. The summed E-state index contributed by atoms with van der Waals surface area (Å²) in [5.41, 5.74) is 8.55. The first-order valence-electron chi connectivity index (χ1n) is 9.53. The van der Waals surface area contributed by atoms with E-state index in [0.29, 0.717) is 24.3 Å². The molecule has 0 saturated carbocycles. The van der Waals surface area contributed by atoms with Crippen LogP contribution in [0.15, 0.2) is 29.1 Å². The topological polar surface area (TPSA) is 92.1 Å². The highest BCUT2D eigenvalue weighted by molar-refractivity contribution is 7.19. The number of primary amides is 1. The van der Waals surface area contributed by atoms with Crippen molar-refractivity contribution in [2.24, 2.45) is 11.7 Å². The third kappa shape index (κ3) is 3.59. The van der Waals surface area contributed by atoms with Crippen molar-refractivity contribution in [2.45, 2.75) is 33.2 Å². The Morgan fingerprint density at radius 1 is 1.32 bits per heavy atom. The molecule has 1 aliphatic heterocycles. The Labute approximate surface area is 167 Å². The summed E-state index contributed by atoms with van der Waals surface area (Å²) in [7, 11) is 0. The minimum Gasteiger partial charge on any atom is -0.369 e. The van der Waals surface area contributed by atoms with Crippen LogP contribution < -0.4 is 11.3 Å². The number of carbonyl (C=O) groups is 1. The highest BCUT2D eigenvalue weighted by Crippen LogP contribution is 2.35. The Morgan fingerprint density at radius 3 is 2.79 bits per heavy atom. The summed E-state index contributed by atoms with van der Waals surface area (Å²) in [6, 6.07) is 8.21. The zero-order valence-electron chi connectivity index (χ0n) is 16.1. The smallest absolute Gasteiger partial charge is 0.260 e. The molecule has 1 fully saturated rings. The molecule has 3 N–H and O–H groups in total. The van der Waals surface area contributed by atoms with Crippen molar-refractivity contribution in [2.75, 3.05) is 13.1 Å². The van der Waals surface area contributed by atoms with Gasteiger partial charge in [-0.05, 0) is 38.8 Å². The maximum absolute atomic E-state index is 12.9. The second-order valence-electron chi connectivity index (χ2n) is 7.57. The second-order valence-corrected chi connectivity index (χ2v) is 8.77. The standard InChI is InChI=1S/C21H24N4O2S/c1-12-5-7-14(8-6-12)17-13(2)28-21-18(17)20(27)23-16(24-21)11-25-9-3-4-15(10-25)19(22)26/h5-8,15H,3-4,9-11H2,1-2H3,(H2,22,26)(H,23,24,27)/t15-/m1/s1. The molecule has 1 atom stereocenters. The Balaban J connectivity index is 1.67. The lowest BCUT2D eigenvalue weighted by molar-refractivity contribution is -0.123. The predicted molar refractivity (Wildman–Crippen MR) is 112 cm³/mol. The van der Waals surface area contributed by atoms with Crippen LogP contribution in [-0.4, -0.2) is 33.9 Å². The van der Waals surface area contributed by atoms with Crippen molar-refractivity contribution in [3.63, 3.8) is 0 Å². The molecule has 1 aromatic carbocycles. The Kier molecular flexibility index (Phi) is 5.03. The molecule has 1 aliphatic rings. The summed E-state index contributed by atoms with van der Waals surface area (Å²) in [4.78, 5) is 36.1. The van der Waals surface area contributed by atoms with Gasteiger partial charge in [0, 0.05) is 17.0 Å². The van der Waals surface area contributed by atoms with Crippen LogP contribution in [0.2, 0.25) is 0 Å². The zero-order chi connectivity index (χ0) is 19.8. The minimum absolute atomic E-state index is 0.108. The van der Waals surface area contributed by atoms with E-state index < -0.39 is 0 Å². The fourth-order valence-corrected chi connectivity index (χ4v) is 5.01. The average molecular weight is 397 g/mol. The number of hydrogen-bond donors (Lipinski definition) is 2. The van der Waals surface area contributed by atoms with Gasteiger partial charge in [0.1, 0.15) is 10.7 Å². The van der Waals surface area contributed by atoms with E-state index >= 15 is 0 Å². The Bertz CT molecular complexity index is 1080. The molecule has 3 aromatic rings. The highest BCUT2D eigenvalue weighted by atomic mass is 32.1. The number of rotatable bonds is 4. The lowest BCUT2D eigenvalue weighted by Gasteiger charge is -2.30. The van der Waals surface area contributed by atoms with Gasteiger partial charge < -0.3 is 10.7 Å². The van der Waals surface area contributed by atoms with Crippen molar-refractivity contribution in [1.82, 2.24) is 14.9 Å². The van der Waals surface area contributed by atoms with E-state index in [1.54, 1.807) is 11.3 Å². The summed E-state index contributed by atoms with van der Waals surface area (Å²) < 4.78 is 0. The summed E-state index contributed by atoms with van der Waals surface area (Å²) >= 11 is 1.55. The fourth-order valence-electron chi connectivity index (χ4n) is 3.95. The molecule has 0 spiro atoms. The largest absolute Gasteiger partial charge is 0.369 e. The van der Waals surface area contributed by atoms with Gasteiger partial charge in [0.2, 0.25) is 5.91 Å².